The van der Waals surface area contributed by atoms with Crippen molar-refractivity contribution in [3.63, 3.8) is 0 Å². The molecule has 372 valence electrons. The fraction of sp³-hybridized carbons (Fsp3) is 0.455. The van der Waals surface area contributed by atoms with Gasteiger partial charge in [-0.1, -0.05) is 63.2 Å². The lowest BCUT2D eigenvalue weighted by atomic mass is 9.76. The molecular formula is C55H64FN9O5S. The smallest absolute Gasteiger partial charge is 0.227 e. The number of aliphatic hydroxyl groups is 1. The first-order valence-electron chi connectivity index (χ1n) is 25.0. The Hall–Kier alpha value is -6.23. The number of aromatic nitrogens is 5. The van der Waals surface area contributed by atoms with Crippen molar-refractivity contribution < 1.29 is 28.7 Å². The van der Waals surface area contributed by atoms with Crippen LogP contribution in [0.3, 0.4) is 0 Å². The molecule has 0 saturated carbocycles. The van der Waals surface area contributed by atoms with Crippen molar-refractivity contribution in [3.8, 4) is 21.8 Å². The van der Waals surface area contributed by atoms with Crippen LogP contribution in [-0.2, 0) is 25.6 Å². The van der Waals surface area contributed by atoms with E-state index in [0.717, 1.165) is 69.7 Å². The molecule has 3 aliphatic heterocycles. The first-order valence-corrected chi connectivity index (χ1v) is 25.9. The highest BCUT2D eigenvalue weighted by atomic mass is 32.1. The number of anilines is 2. The average Bonchev–Trinajstić information content (AvgIpc) is 4.19. The van der Waals surface area contributed by atoms with Crippen molar-refractivity contribution in [2.45, 2.75) is 104 Å². The minimum Gasteiger partial charge on any atom is -0.391 e. The van der Waals surface area contributed by atoms with Crippen LogP contribution in [0.25, 0.3) is 27.5 Å². The van der Waals surface area contributed by atoms with Gasteiger partial charge >= 0.3 is 0 Å². The van der Waals surface area contributed by atoms with Gasteiger partial charge in [0.15, 0.2) is 11.4 Å². The van der Waals surface area contributed by atoms with E-state index < -0.39 is 23.5 Å². The van der Waals surface area contributed by atoms with Crippen LogP contribution in [0.2, 0.25) is 0 Å². The number of hydrogen-bond donors (Lipinski definition) is 1. The Kier molecular flexibility index (Phi) is 15.2. The molecule has 3 saturated heterocycles. The number of rotatable bonds is 18. The number of Topliss-reactive ketones (excluding diaryl/α,β-unsaturated/α-hetero) is 3. The number of pyridine rings is 1. The van der Waals surface area contributed by atoms with Gasteiger partial charge in [0, 0.05) is 77.3 Å². The zero-order valence-electron chi connectivity index (χ0n) is 41.2. The SMILES string of the molecule is Cc1ncsc1-c1ccc(CCC(=O)[C@@H]2C[C@@H](O)CN2C(=O)[C@@H](CC(=O)CCCC(=O)CN2CCN(c3cccc(-c4cnc5ccc(N6CCC[C@@H]6c6cccc(F)c6)nn45)n3)CC2)C(C)(C)C)cc1. The number of halogens is 1. The molecule has 2 aromatic carbocycles. The van der Waals surface area contributed by atoms with Crippen molar-refractivity contribution in [1.82, 2.24) is 34.4 Å². The molecule has 3 aliphatic rings. The summed E-state index contributed by atoms with van der Waals surface area (Å²) in [7, 11) is 0. The lowest BCUT2D eigenvalue weighted by molar-refractivity contribution is -0.146. The van der Waals surface area contributed by atoms with Gasteiger partial charge in [0.2, 0.25) is 5.91 Å². The summed E-state index contributed by atoms with van der Waals surface area (Å²) in [5.74, 6) is 0.332. The van der Waals surface area contributed by atoms with E-state index in [4.69, 9.17) is 10.1 Å². The molecule has 0 bridgehead atoms. The number of aryl methyl sites for hydroxylation is 2. The van der Waals surface area contributed by atoms with Gasteiger partial charge in [0.1, 0.15) is 34.7 Å². The third kappa shape index (κ3) is 11.6. The van der Waals surface area contributed by atoms with Crippen molar-refractivity contribution >= 4 is 51.9 Å². The van der Waals surface area contributed by atoms with Crippen molar-refractivity contribution in [2.75, 3.05) is 55.6 Å². The predicted molar refractivity (Wildman–Crippen MR) is 274 cm³/mol. The normalized spacial score (nSPS) is 19.2. The van der Waals surface area contributed by atoms with Gasteiger partial charge in [-0.05, 0) is 91.1 Å². The largest absolute Gasteiger partial charge is 0.391 e. The maximum absolute atomic E-state index is 14.2. The molecule has 1 amide bonds. The number of nitrogens with zero attached hydrogens (tertiary/aromatic N) is 9. The molecule has 71 heavy (non-hydrogen) atoms. The van der Waals surface area contributed by atoms with Crippen molar-refractivity contribution in [2.24, 2.45) is 11.3 Å². The molecule has 3 fully saturated rings. The number of imidazole rings is 1. The summed E-state index contributed by atoms with van der Waals surface area (Å²) in [6.45, 7) is 11.7. The van der Waals surface area contributed by atoms with E-state index in [1.54, 1.807) is 29.7 Å². The number of carbonyl (C=O) groups excluding carboxylic acids is 4. The predicted octanol–water partition coefficient (Wildman–Crippen LogP) is 8.35. The first kappa shape index (κ1) is 49.7. The van der Waals surface area contributed by atoms with E-state index in [1.807, 2.05) is 98.4 Å². The highest BCUT2D eigenvalue weighted by Crippen LogP contribution is 2.37. The number of hydrogen-bond acceptors (Lipinski definition) is 13. The van der Waals surface area contributed by atoms with Crippen LogP contribution in [0.5, 0.6) is 0 Å². The molecule has 6 aromatic rings. The van der Waals surface area contributed by atoms with Crippen LogP contribution in [0.15, 0.2) is 90.6 Å². The van der Waals surface area contributed by atoms with Crippen LogP contribution in [0.4, 0.5) is 16.0 Å². The second kappa shape index (κ2) is 21.6. The highest BCUT2D eigenvalue weighted by Gasteiger charge is 2.44. The summed E-state index contributed by atoms with van der Waals surface area (Å²) in [5, 5.41) is 15.7. The van der Waals surface area contributed by atoms with Gasteiger partial charge in [0.25, 0.3) is 0 Å². The van der Waals surface area contributed by atoms with Gasteiger partial charge < -0.3 is 19.8 Å². The van der Waals surface area contributed by atoms with Gasteiger partial charge in [-0.3, -0.25) is 24.1 Å². The molecule has 0 aliphatic carbocycles. The molecule has 0 unspecified atom stereocenters. The zero-order valence-corrected chi connectivity index (χ0v) is 42.0. The number of aliphatic hydroxyl groups excluding tert-OH is 1. The van der Waals surface area contributed by atoms with Crippen LogP contribution < -0.4 is 9.80 Å². The van der Waals surface area contributed by atoms with E-state index in [2.05, 4.69) is 24.7 Å². The van der Waals surface area contributed by atoms with Gasteiger partial charge in [-0.2, -0.15) is 0 Å². The summed E-state index contributed by atoms with van der Waals surface area (Å²) in [6, 6.07) is 24.1. The molecule has 7 heterocycles. The Morgan fingerprint density at radius 3 is 2.39 bits per heavy atom. The van der Waals surface area contributed by atoms with E-state index >= 15 is 0 Å². The van der Waals surface area contributed by atoms with Crippen LogP contribution >= 0.6 is 11.3 Å². The Bertz CT molecular complexity index is 2870. The Morgan fingerprint density at radius 1 is 0.873 bits per heavy atom. The number of piperazine rings is 1. The van der Waals surface area contributed by atoms with Crippen molar-refractivity contribution in [1.29, 1.82) is 0 Å². The average molecular weight is 982 g/mol. The molecule has 9 rings (SSSR count). The fourth-order valence-corrected chi connectivity index (χ4v) is 11.3. The number of likely N-dealkylation sites (tertiary alicyclic amines) is 1. The molecule has 4 aromatic heterocycles. The lowest BCUT2D eigenvalue weighted by Crippen LogP contribution is -2.48. The van der Waals surface area contributed by atoms with Crippen LogP contribution in [0, 0.1) is 24.1 Å². The lowest BCUT2D eigenvalue weighted by Gasteiger charge is -2.35. The fourth-order valence-electron chi connectivity index (χ4n) is 10.5. The van der Waals surface area contributed by atoms with Crippen LogP contribution in [-0.4, -0.2) is 121 Å². The molecule has 0 spiro atoms. The molecular weight excluding hydrogens is 918 g/mol. The molecule has 14 nitrogen and oxygen atoms in total. The number of benzene rings is 2. The minimum atomic E-state index is -0.810. The highest BCUT2D eigenvalue weighted by molar-refractivity contribution is 7.13. The maximum atomic E-state index is 14.2. The van der Waals surface area contributed by atoms with Gasteiger partial charge in [-0.25, -0.2) is 23.9 Å². The standard InChI is InChI=1S/C55H64FN9O5S/c1-36-53(71-35-58-36)38-19-16-37(17-20-38)18-21-49(69)47-31-43(68)34-64(47)54(70)44(55(2,3)4)30-41(66)11-6-12-42(67)33-61-25-27-62(28-26-61)51-15-7-13-45(59-51)48-32-57-50-22-23-52(60-65(48)50)63-24-8-14-46(63)39-9-5-10-40(56)29-39/h5,7,9-10,13,15-17,19-20,22-23,29,32,35,43-44,46-47,68H,6,8,11-12,14,18,21,24-28,30-31,33-34H2,1-4H3/t43-,44-,46-,47+/m1/s1. The number of β-amino-alcohol motifs (C(OH)–C–C–N with tert-alkyl or cyclic N) is 1. The topological polar surface area (TPSA) is 157 Å². The zero-order chi connectivity index (χ0) is 49.8. The number of fused-ring (bicyclic) bond motifs is 1. The molecule has 1 N–H and O–H groups in total. The second-order valence-electron chi connectivity index (χ2n) is 20.5. The van der Waals surface area contributed by atoms with Gasteiger partial charge in [-0.15, -0.1) is 16.4 Å². The summed E-state index contributed by atoms with van der Waals surface area (Å²) in [6.07, 6.45) is 4.70. The number of thiazole rings is 1. The molecule has 16 heteroatoms. The third-order valence-corrected chi connectivity index (χ3v) is 15.4. The summed E-state index contributed by atoms with van der Waals surface area (Å²) < 4.78 is 16.0. The molecule has 0 radical (unpaired) electrons. The number of ketones is 3. The van der Waals surface area contributed by atoms with Crippen molar-refractivity contribution in [3.05, 3.63) is 113 Å². The number of amides is 1. The monoisotopic (exact) mass is 981 g/mol. The van der Waals surface area contributed by atoms with E-state index in [1.165, 1.54) is 11.0 Å². The quantitative estimate of drug-likeness (QED) is 0.0880. The van der Waals surface area contributed by atoms with Gasteiger partial charge in [0.05, 0.1) is 52.7 Å². The second-order valence-corrected chi connectivity index (χ2v) is 21.4. The number of carbonyl (C=O) groups is 4. The Balaban J connectivity index is 0.734. The Morgan fingerprint density at radius 2 is 1.65 bits per heavy atom. The minimum absolute atomic E-state index is 0.0125. The molecule has 4 atom stereocenters. The summed E-state index contributed by atoms with van der Waals surface area (Å²) >= 11 is 1.59. The van der Waals surface area contributed by atoms with E-state index in [9.17, 15) is 28.7 Å². The van der Waals surface area contributed by atoms with E-state index in [0.29, 0.717) is 51.2 Å². The Labute approximate surface area is 418 Å². The first-order chi connectivity index (χ1) is 34.2. The third-order valence-electron chi connectivity index (χ3n) is 14.5. The van der Waals surface area contributed by atoms with Crippen LogP contribution in [0.1, 0.15) is 95.0 Å². The summed E-state index contributed by atoms with van der Waals surface area (Å²) in [4.78, 5) is 77.8. The van der Waals surface area contributed by atoms with E-state index in [-0.39, 0.29) is 73.8 Å². The maximum Gasteiger partial charge on any atom is 0.227 e. The summed E-state index contributed by atoms with van der Waals surface area (Å²) in [5.41, 5.74) is 7.51.